The molecule has 2 aliphatic carbocycles. The highest BCUT2D eigenvalue weighted by atomic mass is 19.3. The molecule has 2 rings (SSSR count). The van der Waals surface area contributed by atoms with E-state index in [1.165, 1.54) is 13.0 Å². The number of hydrogen-bond donors (Lipinski definition) is 0. The molecule has 150 valence electrons. The van der Waals surface area contributed by atoms with Gasteiger partial charge in [-0.25, -0.2) is 0 Å². The van der Waals surface area contributed by atoms with Crippen LogP contribution in [0.3, 0.4) is 0 Å². The van der Waals surface area contributed by atoms with Crippen LogP contribution >= 0.6 is 0 Å². The minimum atomic E-state index is -5.06. The van der Waals surface area contributed by atoms with Crippen LogP contribution in [0, 0.1) is 0 Å². The summed E-state index contributed by atoms with van der Waals surface area (Å²) in [5, 5.41) is 0. The lowest BCUT2D eigenvalue weighted by atomic mass is 9.78. The van der Waals surface area contributed by atoms with E-state index in [-0.39, 0.29) is 19.3 Å². The van der Waals surface area contributed by atoms with Gasteiger partial charge < -0.3 is 0 Å². The maximum absolute atomic E-state index is 14.4. The molecule has 0 fully saturated rings. The molecule has 0 aromatic carbocycles. The number of hydrogen-bond acceptors (Lipinski definition) is 0. The molecule has 0 amide bonds. The Morgan fingerprint density at radius 3 is 1.48 bits per heavy atom. The van der Waals surface area contributed by atoms with Gasteiger partial charge in [-0.3, -0.25) is 0 Å². The fourth-order valence-electron chi connectivity index (χ4n) is 3.05. The Morgan fingerprint density at radius 1 is 0.704 bits per heavy atom. The van der Waals surface area contributed by atoms with Gasteiger partial charge in [-0.1, -0.05) is 43.7 Å². The van der Waals surface area contributed by atoms with Crippen LogP contribution in [0.1, 0.15) is 32.6 Å². The summed E-state index contributed by atoms with van der Waals surface area (Å²) in [4.78, 5) is 0. The van der Waals surface area contributed by atoms with Crippen LogP contribution in [-0.2, 0) is 0 Å². The van der Waals surface area contributed by atoms with Gasteiger partial charge in [-0.15, -0.1) is 6.58 Å². The first-order chi connectivity index (χ1) is 12.4. The summed E-state index contributed by atoms with van der Waals surface area (Å²) in [6, 6.07) is 0. The molecule has 0 aromatic rings. The van der Waals surface area contributed by atoms with Crippen molar-refractivity contribution in [3.63, 3.8) is 0 Å². The van der Waals surface area contributed by atoms with Crippen molar-refractivity contribution in [2.24, 2.45) is 0 Å². The second-order valence-corrected chi connectivity index (χ2v) is 6.42. The molecule has 0 N–H and O–H groups in total. The van der Waals surface area contributed by atoms with Gasteiger partial charge in [-0.05, 0) is 19.3 Å². The lowest BCUT2D eigenvalue weighted by Crippen LogP contribution is -2.51. The summed E-state index contributed by atoms with van der Waals surface area (Å²) in [6.07, 6.45) is 2.50. The molecule has 0 radical (unpaired) electrons. The third-order valence-electron chi connectivity index (χ3n) is 4.60. The molecule has 0 aliphatic heterocycles. The second kappa shape index (κ2) is 6.95. The quantitative estimate of drug-likeness (QED) is 0.333. The lowest BCUT2D eigenvalue weighted by molar-refractivity contribution is -0.181. The highest BCUT2D eigenvalue weighted by Crippen LogP contribution is 2.57. The fourth-order valence-corrected chi connectivity index (χ4v) is 3.05. The molecule has 0 bridgehead atoms. The van der Waals surface area contributed by atoms with Gasteiger partial charge in [0.1, 0.15) is 0 Å². The zero-order valence-corrected chi connectivity index (χ0v) is 14.4. The van der Waals surface area contributed by atoms with Gasteiger partial charge in [-0.2, -0.15) is 35.1 Å². The summed E-state index contributed by atoms with van der Waals surface area (Å²) in [5.41, 5.74) is -5.49. The molecule has 0 spiro atoms. The van der Waals surface area contributed by atoms with Crippen LogP contribution in [0.2, 0.25) is 0 Å². The van der Waals surface area contributed by atoms with E-state index in [1.54, 1.807) is 0 Å². The van der Waals surface area contributed by atoms with E-state index in [9.17, 15) is 35.1 Å². The topological polar surface area (TPSA) is 0 Å². The Bertz CT molecular complexity index is 735. The van der Waals surface area contributed by atoms with Gasteiger partial charge in [0.25, 0.3) is 0 Å². The maximum Gasteiger partial charge on any atom is 0.339 e. The number of alkyl halides is 8. The molecule has 0 aromatic heterocycles. The van der Waals surface area contributed by atoms with Gasteiger partial charge >= 0.3 is 23.7 Å². The normalized spacial score (nSPS) is 25.1. The van der Waals surface area contributed by atoms with Crippen LogP contribution < -0.4 is 0 Å². The molecule has 0 nitrogen and oxygen atoms in total. The van der Waals surface area contributed by atoms with E-state index in [4.69, 9.17) is 0 Å². The molecule has 0 unspecified atom stereocenters. The first kappa shape index (κ1) is 21.4. The Kier molecular flexibility index (Phi) is 5.52. The Morgan fingerprint density at radius 2 is 1.11 bits per heavy atom. The van der Waals surface area contributed by atoms with E-state index in [0.29, 0.717) is 24.3 Å². The minimum absolute atomic E-state index is 0.0271. The predicted molar refractivity (Wildman–Crippen MR) is 86.5 cm³/mol. The molecule has 0 saturated carbocycles. The standard InChI is InChI=1S/C19H18F8/c1-3-5-7-13-9-11-15(19(26,27)17(13,22)23)14-10-8-12(6-4-2)16(20,21)18(14,24)25/h3,8-11H,1,4-7H2,2H3. The van der Waals surface area contributed by atoms with Crippen molar-refractivity contribution < 1.29 is 35.1 Å². The van der Waals surface area contributed by atoms with Crippen molar-refractivity contribution in [2.75, 3.05) is 0 Å². The van der Waals surface area contributed by atoms with Crippen LogP contribution in [0.25, 0.3) is 0 Å². The molecule has 8 heteroatoms. The smallest absolute Gasteiger partial charge is 0.194 e. The SMILES string of the molecule is C=CCCC1=CC=C(C2=CC=C(CCC)C(F)(F)C2(F)F)C(F)(F)C1(F)F. The van der Waals surface area contributed by atoms with Crippen molar-refractivity contribution in [3.8, 4) is 0 Å². The van der Waals surface area contributed by atoms with E-state index >= 15 is 0 Å². The third kappa shape index (κ3) is 3.17. The fraction of sp³-hybridized carbons (Fsp3) is 0.474. The summed E-state index contributed by atoms with van der Waals surface area (Å²) >= 11 is 0. The van der Waals surface area contributed by atoms with Gasteiger partial charge in [0, 0.05) is 22.3 Å². The van der Waals surface area contributed by atoms with Crippen LogP contribution in [0.5, 0.6) is 0 Å². The zero-order chi connectivity index (χ0) is 20.7. The predicted octanol–water partition coefficient (Wildman–Crippen LogP) is 7.03. The van der Waals surface area contributed by atoms with E-state index in [0.717, 1.165) is 0 Å². The zero-order valence-electron chi connectivity index (χ0n) is 14.4. The van der Waals surface area contributed by atoms with Gasteiger partial charge in [0.2, 0.25) is 0 Å². The molecular weight excluding hydrogens is 380 g/mol. The van der Waals surface area contributed by atoms with Gasteiger partial charge in [0.15, 0.2) is 0 Å². The average Bonchev–Trinajstić information content (AvgIpc) is 2.55. The van der Waals surface area contributed by atoms with Crippen molar-refractivity contribution in [2.45, 2.75) is 56.3 Å². The van der Waals surface area contributed by atoms with Crippen molar-refractivity contribution in [3.05, 3.63) is 59.3 Å². The molecule has 2 aliphatic rings. The van der Waals surface area contributed by atoms with E-state index in [1.807, 2.05) is 0 Å². The minimum Gasteiger partial charge on any atom is -0.194 e. The monoisotopic (exact) mass is 398 g/mol. The van der Waals surface area contributed by atoms with Crippen LogP contribution in [0.15, 0.2) is 59.3 Å². The average molecular weight is 398 g/mol. The number of halogens is 8. The number of rotatable bonds is 6. The van der Waals surface area contributed by atoms with Crippen molar-refractivity contribution >= 4 is 0 Å². The molecule has 0 heterocycles. The summed E-state index contributed by atoms with van der Waals surface area (Å²) in [6.45, 7) is 4.79. The largest absolute Gasteiger partial charge is 0.339 e. The number of allylic oxidation sites excluding steroid dienone is 9. The Labute approximate surface area is 151 Å². The summed E-state index contributed by atoms with van der Waals surface area (Å²) in [5.74, 6) is -19.6. The molecule has 0 saturated heterocycles. The van der Waals surface area contributed by atoms with E-state index in [2.05, 4.69) is 6.58 Å². The highest BCUT2D eigenvalue weighted by Gasteiger charge is 2.68. The maximum atomic E-state index is 14.4. The highest BCUT2D eigenvalue weighted by molar-refractivity contribution is 5.55. The third-order valence-corrected chi connectivity index (χ3v) is 4.60. The summed E-state index contributed by atoms with van der Waals surface area (Å²) < 4.78 is 114. The summed E-state index contributed by atoms with van der Waals surface area (Å²) in [7, 11) is 0. The molecular formula is C19H18F8. The molecule has 0 atom stereocenters. The van der Waals surface area contributed by atoms with Crippen LogP contribution in [-0.4, -0.2) is 23.7 Å². The first-order valence-electron chi connectivity index (χ1n) is 8.31. The Hall–Kier alpha value is -1.86. The Balaban J connectivity index is 2.60. The second-order valence-electron chi connectivity index (χ2n) is 6.42. The lowest BCUT2D eigenvalue weighted by Gasteiger charge is -2.39. The van der Waals surface area contributed by atoms with Crippen LogP contribution in [0.4, 0.5) is 35.1 Å². The van der Waals surface area contributed by atoms with Gasteiger partial charge in [0.05, 0.1) is 0 Å². The molecule has 27 heavy (non-hydrogen) atoms. The van der Waals surface area contributed by atoms with Crippen molar-refractivity contribution in [1.29, 1.82) is 0 Å². The van der Waals surface area contributed by atoms with Crippen molar-refractivity contribution in [1.82, 2.24) is 0 Å². The first-order valence-corrected chi connectivity index (χ1v) is 8.31. The van der Waals surface area contributed by atoms with E-state index < -0.39 is 52.4 Å².